The lowest BCUT2D eigenvalue weighted by molar-refractivity contribution is -0.129. The first kappa shape index (κ1) is 13.3. The predicted octanol–water partition coefficient (Wildman–Crippen LogP) is 4.16. The molecule has 0 aliphatic carbocycles. The minimum Gasteiger partial charge on any atom is -0.402 e. The van der Waals surface area contributed by atoms with Crippen molar-refractivity contribution in [2.45, 2.75) is 6.92 Å². The normalized spacial score (nSPS) is 16.4. The third-order valence-electron chi connectivity index (χ3n) is 2.86. The van der Waals surface area contributed by atoms with Gasteiger partial charge in [0.25, 0.3) is 0 Å². The fraction of sp³-hybridized carbons (Fsp3) is 0.0667. The summed E-state index contributed by atoms with van der Waals surface area (Å²) in [6.07, 6.45) is 1.77. The highest BCUT2D eigenvalue weighted by molar-refractivity contribution is 9.10. The Bertz CT molecular complexity index is 746. The number of halogens is 1. The highest BCUT2D eigenvalue weighted by atomic mass is 79.9. The average molecular weight is 348 g/mol. The molecule has 3 rings (SSSR count). The third kappa shape index (κ3) is 2.59. The minimum atomic E-state index is -0.409. The van der Waals surface area contributed by atoms with Crippen LogP contribution in [0, 0.1) is 6.92 Å². The van der Waals surface area contributed by atoms with Crippen LogP contribution < -0.4 is 0 Å². The maximum absolute atomic E-state index is 11.9. The first-order valence-electron chi connectivity index (χ1n) is 5.96. The zero-order chi connectivity index (χ0) is 14.1. The second kappa shape index (κ2) is 5.34. The van der Waals surface area contributed by atoms with Gasteiger partial charge in [-0.05, 0) is 48.2 Å². The molecule has 2 heterocycles. The van der Waals surface area contributed by atoms with Crippen molar-refractivity contribution in [2.24, 2.45) is 4.99 Å². The molecule has 20 heavy (non-hydrogen) atoms. The van der Waals surface area contributed by atoms with Crippen LogP contribution in [0.1, 0.15) is 16.0 Å². The molecule has 1 aliphatic rings. The van der Waals surface area contributed by atoms with Crippen molar-refractivity contribution in [1.29, 1.82) is 0 Å². The Morgan fingerprint density at radius 1 is 1.35 bits per heavy atom. The van der Waals surface area contributed by atoms with Crippen LogP contribution in [0.5, 0.6) is 0 Å². The molecular formula is C15H10BrNO2S. The van der Waals surface area contributed by atoms with Gasteiger partial charge in [0, 0.05) is 14.9 Å². The molecule has 100 valence electrons. The van der Waals surface area contributed by atoms with Crippen LogP contribution in [0.15, 0.2) is 50.9 Å². The summed E-state index contributed by atoms with van der Waals surface area (Å²) in [5.41, 5.74) is 2.24. The number of esters is 1. The number of benzene rings is 1. The fourth-order valence-electron chi connectivity index (χ4n) is 1.81. The zero-order valence-corrected chi connectivity index (χ0v) is 13.0. The number of carbonyl (C=O) groups excluding carboxylic acids is 1. The Kier molecular flexibility index (Phi) is 3.54. The Morgan fingerprint density at radius 3 is 2.90 bits per heavy atom. The predicted molar refractivity (Wildman–Crippen MR) is 83.8 cm³/mol. The number of thiophene rings is 1. The number of carbonyl (C=O) groups is 1. The molecule has 1 aromatic carbocycles. The van der Waals surface area contributed by atoms with Crippen LogP contribution in [0.4, 0.5) is 0 Å². The van der Waals surface area contributed by atoms with Gasteiger partial charge in [-0.15, -0.1) is 11.3 Å². The topological polar surface area (TPSA) is 38.7 Å². The van der Waals surface area contributed by atoms with Gasteiger partial charge in [-0.2, -0.15) is 0 Å². The number of ether oxygens (including phenoxy) is 1. The second-order valence-electron chi connectivity index (χ2n) is 4.31. The van der Waals surface area contributed by atoms with Crippen LogP contribution in [-0.2, 0) is 9.53 Å². The molecule has 0 saturated heterocycles. The summed E-state index contributed by atoms with van der Waals surface area (Å²) < 4.78 is 6.15. The summed E-state index contributed by atoms with van der Waals surface area (Å²) in [5, 5.41) is 1.99. The summed E-state index contributed by atoms with van der Waals surface area (Å²) in [6.45, 7) is 2.00. The van der Waals surface area contributed by atoms with Gasteiger partial charge in [-0.3, -0.25) is 0 Å². The van der Waals surface area contributed by atoms with Crippen LogP contribution in [0.3, 0.4) is 0 Å². The maximum Gasteiger partial charge on any atom is 0.363 e. The number of rotatable bonds is 2. The van der Waals surface area contributed by atoms with Gasteiger partial charge in [0.1, 0.15) is 0 Å². The van der Waals surface area contributed by atoms with Gasteiger partial charge in [-0.1, -0.05) is 22.0 Å². The molecule has 0 fully saturated rings. The summed E-state index contributed by atoms with van der Waals surface area (Å²) in [4.78, 5) is 17.2. The van der Waals surface area contributed by atoms with Gasteiger partial charge >= 0.3 is 5.97 Å². The van der Waals surface area contributed by atoms with Gasteiger partial charge < -0.3 is 4.74 Å². The Labute approximate surface area is 128 Å². The smallest absolute Gasteiger partial charge is 0.363 e. The lowest BCUT2D eigenvalue weighted by atomic mass is 10.2. The fourth-order valence-corrected chi connectivity index (χ4v) is 3.06. The lowest BCUT2D eigenvalue weighted by Gasteiger charge is -1.99. The van der Waals surface area contributed by atoms with E-state index in [1.54, 1.807) is 17.4 Å². The molecule has 0 unspecified atom stereocenters. The Hall–Kier alpha value is -1.72. The highest BCUT2D eigenvalue weighted by Gasteiger charge is 2.24. The first-order valence-corrected chi connectivity index (χ1v) is 7.63. The molecule has 0 N–H and O–H groups in total. The average Bonchev–Trinajstić information content (AvgIpc) is 2.98. The number of hydrogen-bond donors (Lipinski definition) is 0. The van der Waals surface area contributed by atoms with E-state index in [1.165, 1.54) is 0 Å². The molecular weight excluding hydrogens is 338 g/mol. The van der Waals surface area contributed by atoms with E-state index in [2.05, 4.69) is 20.9 Å². The van der Waals surface area contributed by atoms with Crippen LogP contribution in [0.2, 0.25) is 0 Å². The van der Waals surface area contributed by atoms with Crippen LogP contribution >= 0.6 is 27.3 Å². The molecule has 0 spiro atoms. The molecule has 0 radical (unpaired) electrons. The zero-order valence-electron chi connectivity index (χ0n) is 10.6. The molecule has 0 atom stereocenters. The van der Waals surface area contributed by atoms with E-state index in [0.29, 0.717) is 11.6 Å². The van der Waals surface area contributed by atoms with Gasteiger partial charge in [0.2, 0.25) is 5.90 Å². The Morgan fingerprint density at radius 2 is 2.20 bits per heavy atom. The van der Waals surface area contributed by atoms with E-state index in [1.807, 2.05) is 42.6 Å². The van der Waals surface area contributed by atoms with Crippen LogP contribution in [-0.4, -0.2) is 11.9 Å². The molecule has 3 nitrogen and oxygen atoms in total. The van der Waals surface area contributed by atoms with E-state index in [4.69, 9.17) is 4.74 Å². The van der Waals surface area contributed by atoms with Crippen molar-refractivity contribution in [3.05, 3.63) is 61.9 Å². The van der Waals surface area contributed by atoms with Crippen molar-refractivity contribution < 1.29 is 9.53 Å². The van der Waals surface area contributed by atoms with E-state index in [-0.39, 0.29) is 0 Å². The van der Waals surface area contributed by atoms with Crippen molar-refractivity contribution >= 4 is 45.2 Å². The third-order valence-corrected chi connectivity index (χ3v) is 4.32. The standard InChI is InChI=1S/C15H10BrNO2S/c1-9-5-6-20-13(9)8-12-15(18)19-14(17-12)10-3-2-4-11(16)7-10/h2-8H,1H3/b12-8-. The maximum atomic E-state index is 11.9. The Balaban J connectivity index is 1.97. The molecule has 2 aromatic rings. The molecule has 5 heteroatoms. The summed E-state index contributed by atoms with van der Waals surface area (Å²) in [6, 6.07) is 9.52. The van der Waals surface area contributed by atoms with E-state index in [0.717, 1.165) is 20.5 Å². The SMILES string of the molecule is Cc1ccsc1/C=C1\N=C(c2cccc(Br)c2)OC1=O. The number of aryl methyl sites for hydroxylation is 1. The largest absolute Gasteiger partial charge is 0.402 e. The minimum absolute atomic E-state index is 0.338. The van der Waals surface area contributed by atoms with Gasteiger partial charge in [0.15, 0.2) is 5.70 Å². The van der Waals surface area contributed by atoms with Crippen molar-refractivity contribution in [3.8, 4) is 0 Å². The van der Waals surface area contributed by atoms with Crippen molar-refractivity contribution in [3.63, 3.8) is 0 Å². The summed E-state index contributed by atoms with van der Waals surface area (Å²) in [7, 11) is 0. The monoisotopic (exact) mass is 347 g/mol. The quantitative estimate of drug-likeness (QED) is 0.604. The molecule has 0 saturated carbocycles. The summed E-state index contributed by atoms with van der Waals surface area (Å²) in [5.74, 6) is -0.0652. The summed E-state index contributed by atoms with van der Waals surface area (Å²) >= 11 is 4.97. The van der Waals surface area contributed by atoms with Crippen molar-refractivity contribution in [1.82, 2.24) is 0 Å². The first-order chi connectivity index (χ1) is 9.63. The lowest BCUT2D eigenvalue weighted by Crippen LogP contribution is -2.05. The van der Waals surface area contributed by atoms with E-state index < -0.39 is 5.97 Å². The van der Waals surface area contributed by atoms with Crippen LogP contribution in [0.25, 0.3) is 6.08 Å². The number of aliphatic imine (C=N–C) groups is 1. The number of cyclic esters (lactones) is 1. The van der Waals surface area contributed by atoms with E-state index >= 15 is 0 Å². The van der Waals surface area contributed by atoms with Gasteiger partial charge in [0.05, 0.1) is 0 Å². The highest BCUT2D eigenvalue weighted by Crippen LogP contribution is 2.24. The molecule has 1 aliphatic heterocycles. The van der Waals surface area contributed by atoms with E-state index in [9.17, 15) is 4.79 Å². The van der Waals surface area contributed by atoms with Gasteiger partial charge in [-0.25, -0.2) is 9.79 Å². The second-order valence-corrected chi connectivity index (χ2v) is 6.18. The molecule has 1 aromatic heterocycles. The number of nitrogens with zero attached hydrogens (tertiary/aromatic N) is 1. The number of hydrogen-bond acceptors (Lipinski definition) is 4. The molecule has 0 bridgehead atoms. The molecule has 0 amide bonds. The van der Waals surface area contributed by atoms with Crippen molar-refractivity contribution in [2.75, 3.05) is 0 Å².